The number of nitro groups is 1. The van der Waals surface area contributed by atoms with Gasteiger partial charge in [-0.1, -0.05) is 0 Å². The van der Waals surface area contributed by atoms with Crippen molar-refractivity contribution in [2.24, 2.45) is 0 Å². The molecular formula is C12H8BrFN2O4S. The fourth-order valence-electron chi connectivity index (χ4n) is 1.65. The summed E-state index contributed by atoms with van der Waals surface area (Å²) in [4.78, 5) is 21.7. The second kappa shape index (κ2) is 6.19. The van der Waals surface area contributed by atoms with Gasteiger partial charge in [0, 0.05) is 21.3 Å². The molecule has 1 heterocycles. The van der Waals surface area contributed by atoms with Crippen LogP contribution in [0.15, 0.2) is 28.1 Å². The third-order valence-corrected chi connectivity index (χ3v) is 4.28. The van der Waals surface area contributed by atoms with Crippen molar-refractivity contribution in [2.75, 3.05) is 5.32 Å². The number of nitrogens with one attached hydrogen (secondary N) is 1. The van der Waals surface area contributed by atoms with Crippen LogP contribution in [-0.2, 0) is 6.54 Å². The Morgan fingerprint density at radius 1 is 1.48 bits per heavy atom. The van der Waals surface area contributed by atoms with Gasteiger partial charge in [0.2, 0.25) is 0 Å². The topological polar surface area (TPSA) is 92.5 Å². The molecule has 0 aliphatic rings. The minimum absolute atomic E-state index is 0.0949. The van der Waals surface area contributed by atoms with Gasteiger partial charge in [-0.15, -0.1) is 11.3 Å². The normalized spacial score (nSPS) is 10.4. The van der Waals surface area contributed by atoms with E-state index in [1.807, 2.05) is 11.4 Å². The summed E-state index contributed by atoms with van der Waals surface area (Å²) in [5.41, 5.74) is -1.43. The molecule has 0 amide bonds. The largest absolute Gasteiger partial charge is 0.477 e. The summed E-state index contributed by atoms with van der Waals surface area (Å²) in [6.07, 6.45) is 0. The molecule has 1 aromatic carbocycles. The second-order valence-electron chi connectivity index (χ2n) is 4.00. The number of aromatic carboxylic acids is 1. The fourth-order valence-corrected chi connectivity index (χ4v) is 3.04. The second-order valence-corrected chi connectivity index (χ2v) is 5.91. The summed E-state index contributed by atoms with van der Waals surface area (Å²) < 4.78 is 14.7. The molecule has 1 aromatic heterocycles. The standard InChI is InChI=1S/C12H8BrFN2O4S/c13-6-1-7(21-5-6)4-15-10-2-8(12(17)18)11(16(19)20)3-9(10)14/h1-3,5,15H,4H2,(H,17,18). The Morgan fingerprint density at radius 3 is 2.71 bits per heavy atom. The van der Waals surface area contributed by atoms with Gasteiger partial charge >= 0.3 is 5.97 Å². The molecule has 0 unspecified atom stereocenters. The van der Waals surface area contributed by atoms with E-state index in [0.29, 0.717) is 6.07 Å². The van der Waals surface area contributed by atoms with Crippen molar-refractivity contribution in [2.45, 2.75) is 6.54 Å². The number of carboxylic acid groups (broad SMARTS) is 1. The maximum atomic E-state index is 13.8. The number of nitrogens with zero attached hydrogens (tertiary/aromatic N) is 1. The van der Waals surface area contributed by atoms with Crippen molar-refractivity contribution in [1.29, 1.82) is 0 Å². The molecule has 0 bridgehead atoms. The molecule has 2 N–H and O–H groups in total. The molecule has 2 rings (SSSR count). The van der Waals surface area contributed by atoms with Crippen LogP contribution >= 0.6 is 27.3 Å². The first-order chi connectivity index (χ1) is 9.88. The van der Waals surface area contributed by atoms with Crippen molar-refractivity contribution >= 4 is 44.6 Å². The van der Waals surface area contributed by atoms with E-state index in [9.17, 15) is 19.3 Å². The zero-order chi connectivity index (χ0) is 15.6. The van der Waals surface area contributed by atoms with Crippen LogP contribution in [0.1, 0.15) is 15.2 Å². The van der Waals surface area contributed by atoms with Crippen LogP contribution in [0.2, 0.25) is 0 Å². The summed E-state index contributed by atoms with van der Waals surface area (Å²) in [6, 6.07) is 3.37. The lowest BCUT2D eigenvalue weighted by Crippen LogP contribution is -2.07. The van der Waals surface area contributed by atoms with Crippen molar-refractivity contribution in [3.05, 3.63) is 54.4 Å². The van der Waals surface area contributed by atoms with E-state index < -0.39 is 28.0 Å². The average Bonchev–Trinajstić information content (AvgIpc) is 2.82. The van der Waals surface area contributed by atoms with E-state index in [1.54, 1.807) is 0 Å². The van der Waals surface area contributed by atoms with Crippen LogP contribution in [0.4, 0.5) is 15.8 Å². The predicted molar refractivity (Wildman–Crippen MR) is 79.4 cm³/mol. The quantitative estimate of drug-likeness (QED) is 0.612. The number of thiophene rings is 1. The number of benzene rings is 1. The molecule has 0 aliphatic carbocycles. The van der Waals surface area contributed by atoms with Crippen molar-refractivity contribution in [3.63, 3.8) is 0 Å². The lowest BCUT2D eigenvalue weighted by molar-refractivity contribution is -0.385. The zero-order valence-electron chi connectivity index (χ0n) is 10.3. The molecule has 21 heavy (non-hydrogen) atoms. The molecule has 0 spiro atoms. The summed E-state index contributed by atoms with van der Waals surface area (Å²) in [5, 5.41) is 24.3. The third kappa shape index (κ3) is 3.56. The van der Waals surface area contributed by atoms with Crippen molar-refractivity contribution in [3.8, 4) is 0 Å². The van der Waals surface area contributed by atoms with E-state index in [0.717, 1.165) is 15.4 Å². The Bertz CT molecular complexity index is 719. The Kier molecular flexibility index (Phi) is 4.53. The van der Waals surface area contributed by atoms with Crippen molar-refractivity contribution in [1.82, 2.24) is 0 Å². The molecule has 6 nitrogen and oxygen atoms in total. The van der Waals surface area contributed by atoms with E-state index in [1.165, 1.54) is 11.3 Å². The minimum Gasteiger partial charge on any atom is -0.477 e. The van der Waals surface area contributed by atoms with Gasteiger partial charge in [-0.05, 0) is 28.1 Å². The van der Waals surface area contributed by atoms with Gasteiger partial charge in [-0.25, -0.2) is 9.18 Å². The summed E-state index contributed by atoms with van der Waals surface area (Å²) in [7, 11) is 0. The summed E-state index contributed by atoms with van der Waals surface area (Å²) in [5.74, 6) is -2.36. The first-order valence-corrected chi connectivity index (χ1v) is 7.23. The summed E-state index contributed by atoms with van der Waals surface area (Å²) in [6.45, 7) is 0.282. The van der Waals surface area contributed by atoms with E-state index in [2.05, 4.69) is 21.2 Å². The van der Waals surface area contributed by atoms with Gasteiger partial charge < -0.3 is 10.4 Å². The first-order valence-electron chi connectivity index (χ1n) is 5.56. The fraction of sp³-hybridized carbons (Fsp3) is 0.0833. The molecular weight excluding hydrogens is 367 g/mol. The Morgan fingerprint density at radius 2 is 2.19 bits per heavy atom. The highest BCUT2D eigenvalue weighted by Gasteiger charge is 2.23. The van der Waals surface area contributed by atoms with Gasteiger partial charge in [0.25, 0.3) is 5.69 Å². The van der Waals surface area contributed by atoms with Gasteiger partial charge in [0.15, 0.2) is 5.82 Å². The molecule has 2 aromatic rings. The first kappa shape index (κ1) is 15.4. The number of carboxylic acids is 1. The molecule has 0 saturated carbocycles. The molecule has 0 fully saturated rings. The van der Waals surface area contributed by atoms with Crippen LogP contribution in [0.25, 0.3) is 0 Å². The Hall–Kier alpha value is -2.00. The maximum absolute atomic E-state index is 13.8. The molecule has 9 heteroatoms. The highest BCUT2D eigenvalue weighted by Crippen LogP contribution is 2.27. The van der Waals surface area contributed by atoms with Gasteiger partial charge in [-0.3, -0.25) is 10.1 Å². The number of halogens is 2. The van der Waals surface area contributed by atoms with Gasteiger partial charge in [0.05, 0.1) is 16.7 Å². The number of rotatable bonds is 5. The van der Waals surface area contributed by atoms with E-state index >= 15 is 0 Å². The Balaban J connectivity index is 2.29. The van der Waals surface area contributed by atoms with Gasteiger partial charge in [-0.2, -0.15) is 0 Å². The van der Waals surface area contributed by atoms with Crippen molar-refractivity contribution < 1.29 is 19.2 Å². The third-order valence-electron chi connectivity index (χ3n) is 2.59. The van der Waals surface area contributed by atoms with Crippen LogP contribution in [0.3, 0.4) is 0 Å². The molecule has 0 atom stereocenters. The Labute approximate surface area is 130 Å². The molecule has 0 radical (unpaired) electrons. The average molecular weight is 375 g/mol. The molecule has 0 saturated heterocycles. The number of carbonyl (C=O) groups is 1. The highest BCUT2D eigenvalue weighted by molar-refractivity contribution is 9.10. The number of hydrogen-bond acceptors (Lipinski definition) is 5. The zero-order valence-corrected chi connectivity index (χ0v) is 12.7. The molecule has 0 aliphatic heterocycles. The predicted octanol–water partition coefficient (Wildman–Crippen LogP) is 3.87. The summed E-state index contributed by atoms with van der Waals surface area (Å²) >= 11 is 4.72. The van der Waals surface area contributed by atoms with E-state index in [-0.39, 0.29) is 12.2 Å². The van der Waals surface area contributed by atoms with E-state index in [4.69, 9.17) is 5.11 Å². The van der Waals surface area contributed by atoms with Crippen LogP contribution < -0.4 is 5.32 Å². The number of hydrogen-bond donors (Lipinski definition) is 2. The lowest BCUT2D eigenvalue weighted by Gasteiger charge is -2.08. The van der Waals surface area contributed by atoms with Gasteiger partial charge in [0.1, 0.15) is 5.56 Å². The highest BCUT2D eigenvalue weighted by atomic mass is 79.9. The van der Waals surface area contributed by atoms with Crippen LogP contribution in [-0.4, -0.2) is 16.0 Å². The lowest BCUT2D eigenvalue weighted by atomic mass is 10.1. The monoisotopic (exact) mass is 374 g/mol. The maximum Gasteiger partial charge on any atom is 0.342 e. The van der Waals surface area contributed by atoms with Crippen LogP contribution in [0, 0.1) is 15.9 Å². The number of anilines is 1. The number of nitro benzene ring substituents is 1. The van der Waals surface area contributed by atoms with Crippen LogP contribution in [0.5, 0.6) is 0 Å². The smallest absolute Gasteiger partial charge is 0.342 e. The SMILES string of the molecule is O=C(O)c1cc(NCc2cc(Br)cs2)c(F)cc1[N+](=O)[O-]. The molecule has 110 valence electrons. The minimum atomic E-state index is -1.48.